The van der Waals surface area contributed by atoms with E-state index < -0.39 is 0 Å². The zero-order valence-electron chi connectivity index (χ0n) is 6.14. The van der Waals surface area contributed by atoms with Crippen molar-refractivity contribution in [3.63, 3.8) is 0 Å². The summed E-state index contributed by atoms with van der Waals surface area (Å²) in [6.07, 6.45) is 1.50. The molecule has 1 heterocycles. The lowest BCUT2D eigenvalue weighted by molar-refractivity contribution is 1.32. The van der Waals surface area contributed by atoms with E-state index >= 15 is 0 Å². The highest BCUT2D eigenvalue weighted by molar-refractivity contribution is 9.09. The molecule has 2 nitrogen and oxygen atoms in total. The van der Waals surface area contributed by atoms with Crippen molar-refractivity contribution >= 4 is 33.2 Å². The van der Waals surface area contributed by atoms with Crippen molar-refractivity contribution in [2.45, 2.75) is 0 Å². The monoisotopic (exact) mass is 244 g/mol. The van der Waals surface area contributed by atoms with Crippen LogP contribution in [0.4, 0.5) is 5.69 Å². The van der Waals surface area contributed by atoms with Crippen LogP contribution in [0.25, 0.3) is 0 Å². The molecule has 0 aliphatic heterocycles. The molecule has 1 aromatic rings. The molecule has 0 aromatic carbocycles. The van der Waals surface area contributed by atoms with Crippen LogP contribution in [-0.2, 0) is 0 Å². The molecule has 0 radical (unpaired) electrons. The Morgan fingerprint density at radius 1 is 1.67 bits per heavy atom. The number of alkyl halides is 1. The van der Waals surface area contributed by atoms with Crippen LogP contribution in [0.1, 0.15) is 5.56 Å². The van der Waals surface area contributed by atoms with Crippen LogP contribution < -0.4 is 5.73 Å². The average molecular weight is 246 g/mol. The Morgan fingerprint density at radius 2 is 2.42 bits per heavy atom. The maximum Gasteiger partial charge on any atom is 0.144 e. The first-order valence-electron chi connectivity index (χ1n) is 3.20. The van der Waals surface area contributed by atoms with Gasteiger partial charge in [0.15, 0.2) is 0 Å². The molecule has 0 spiro atoms. The summed E-state index contributed by atoms with van der Waals surface area (Å²) in [6.45, 7) is 0. The fraction of sp³-hybridized carbons (Fsp3) is 0.125. The smallest absolute Gasteiger partial charge is 0.144 e. The van der Waals surface area contributed by atoms with Crippen molar-refractivity contribution in [3.8, 4) is 11.8 Å². The number of nitrogen functional groups attached to an aromatic ring is 1. The quantitative estimate of drug-likeness (QED) is 0.432. The van der Waals surface area contributed by atoms with Gasteiger partial charge in [-0.2, -0.15) is 0 Å². The van der Waals surface area contributed by atoms with Gasteiger partial charge in [-0.3, -0.25) is 0 Å². The Balaban J connectivity index is 3.05. The van der Waals surface area contributed by atoms with Crippen LogP contribution >= 0.6 is 27.5 Å². The number of rotatable bonds is 0. The summed E-state index contributed by atoms with van der Waals surface area (Å²) >= 11 is 8.93. The van der Waals surface area contributed by atoms with Gasteiger partial charge in [0, 0.05) is 0 Å². The van der Waals surface area contributed by atoms with Crippen LogP contribution in [-0.4, -0.2) is 10.3 Å². The maximum absolute atomic E-state index is 5.75. The Labute approximate surface area is 84.3 Å². The van der Waals surface area contributed by atoms with Gasteiger partial charge in [-0.05, 0) is 6.07 Å². The molecule has 0 bridgehead atoms. The second-order valence-electron chi connectivity index (χ2n) is 2.04. The summed E-state index contributed by atoms with van der Waals surface area (Å²) < 4.78 is 0. The highest BCUT2D eigenvalue weighted by atomic mass is 79.9. The molecule has 1 aromatic heterocycles. The third kappa shape index (κ3) is 2.40. The molecule has 0 amide bonds. The van der Waals surface area contributed by atoms with Gasteiger partial charge < -0.3 is 5.73 Å². The average Bonchev–Trinajstić information content (AvgIpc) is 2.07. The van der Waals surface area contributed by atoms with E-state index in [-0.39, 0.29) is 0 Å². The van der Waals surface area contributed by atoms with Crippen molar-refractivity contribution in [1.29, 1.82) is 0 Å². The van der Waals surface area contributed by atoms with E-state index in [0.717, 1.165) is 0 Å². The van der Waals surface area contributed by atoms with Gasteiger partial charge in [0.1, 0.15) is 5.15 Å². The minimum Gasteiger partial charge on any atom is -0.397 e. The summed E-state index contributed by atoms with van der Waals surface area (Å²) in [5.74, 6) is 5.65. The molecule has 1 rings (SSSR count). The lowest BCUT2D eigenvalue weighted by Crippen LogP contribution is -1.89. The molecule has 0 atom stereocenters. The second-order valence-corrected chi connectivity index (χ2v) is 2.96. The van der Waals surface area contributed by atoms with Gasteiger partial charge in [0.25, 0.3) is 0 Å². The number of hydrogen-bond acceptors (Lipinski definition) is 2. The summed E-state index contributed by atoms with van der Waals surface area (Å²) in [5.41, 5.74) is 6.73. The number of pyridine rings is 1. The number of anilines is 1. The lowest BCUT2D eigenvalue weighted by atomic mass is 10.3. The SMILES string of the molecule is Nc1cnc(Cl)c(C#CCBr)c1. The van der Waals surface area contributed by atoms with Crippen LogP contribution in [0.2, 0.25) is 5.15 Å². The molecular formula is C8H6BrClN2. The summed E-state index contributed by atoms with van der Waals surface area (Å²) in [4.78, 5) is 3.85. The lowest BCUT2D eigenvalue weighted by Gasteiger charge is -1.95. The Hall–Kier alpha value is -0.720. The molecule has 0 fully saturated rings. The normalized spacial score (nSPS) is 8.83. The van der Waals surface area contributed by atoms with E-state index in [1.165, 1.54) is 6.20 Å². The third-order valence-corrected chi connectivity index (χ3v) is 1.73. The van der Waals surface area contributed by atoms with Crippen molar-refractivity contribution in [3.05, 3.63) is 23.0 Å². The minimum absolute atomic E-state index is 0.387. The van der Waals surface area contributed by atoms with Crippen LogP contribution in [0.3, 0.4) is 0 Å². The third-order valence-electron chi connectivity index (χ3n) is 1.15. The first-order valence-corrected chi connectivity index (χ1v) is 4.70. The molecule has 0 unspecified atom stereocenters. The molecule has 0 aliphatic carbocycles. The highest BCUT2D eigenvalue weighted by Gasteiger charge is 1.97. The number of halogens is 2. The van der Waals surface area contributed by atoms with Crippen LogP contribution in [0.5, 0.6) is 0 Å². The Bertz CT molecular complexity index is 341. The van der Waals surface area contributed by atoms with E-state index in [9.17, 15) is 0 Å². The van der Waals surface area contributed by atoms with Crippen LogP contribution in [0, 0.1) is 11.8 Å². The van der Waals surface area contributed by atoms with Gasteiger partial charge in [0.05, 0.1) is 22.8 Å². The first kappa shape index (κ1) is 9.37. The van der Waals surface area contributed by atoms with Crippen molar-refractivity contribution < 1.29 is 0 Å². The standard InChI is InChI=1S/C8H6BrClN2/c9-3-1-2-6-4-7(11)5-12-8(6)10/h4-5H,3,11H2. The zero-order valence-corrected chi connectivity index (χ0v) is 8.48. The molecule has 62 valence electrons. The van der Waals surface area contributed by atoms with E-state index in [0.29, 0.717) is 21.7 Å². The van der Waals surface area contributed by atoms with Crippen molar-refractivity contribution in [1.82, 2.24) is 4.98 Å². The molecule has 4 heteroatoms. The molecule has 0 aliphatic rings. The van der Waals surface area contributed by atoms with Crippen LogP contribution in [0.15, 0.2) is 12.3 Å². The summed E-state index contributed by atoms with van der Waals surface area (Å²) in [5, 5.41) is 0.996. The van der Waals surface area contributed by atoms with Crippen molar-refractivity contribution in [2.75, 3.05) is 11.1 Å². The maximum atomic E-state index is 5.75. The number of aromatic nitrogens is 1. The molecule has 12 heavy (non-hydrogen) atoms. The highest BCUT2D eigenvalue weighted by Crippen LogP contribution is 2.13. The number of nitrogens with zero attached hydrogens (tertiary/aromatic N) is 1. The Morgan fingerprint density at radius 3 is 3.08 bits per heavy atom. The largest absolute Gasteiger partial charge is 0.397 e. The topological polar surface area (TPSA) is 38.9 Å². The van der Waals surface area contributed by atoms with E-state index in [4.69, 9.17) is 17.3 Å². The summed E-state index contributed by atoms with van der Waals surface area (Å²) in [6, 6.07) is 1.70. The van der Waals surface area contributed by atoms with E-state index in [1.807, 2.05) is 0 Å². The van der Waals surface area contributed by atoms with Gasteiger partial charge in [0.2, 0.25) is 0 Å². The fourth-order valence-corrected chi connectivity index (χ4v) is 0.971. The van der Waals surface area contributed by atoms with Gasteiger partial charge in [-0.1, -0.05) is 39.4 Å². The fourth-order valence-electron chi connectivity index (χ4n) is 0.681. The van der Waals surface area contributed by atoms with Gasteiger partial charge in [-0.25, -0.2) is 4.98 Å². The predicted molar refractivity (Wildman–Crippen MR) is 54.3 cm³/mol. The van der Waals surface area contributed by atoms with E-state index in [2.05, 4.69) is 32.8 Å². The Kier molecular flexibility index (Phi) is 3.39. The van der Waals surface area contributed by atoms with E-state index in [1.54, 1.807) is 6.07 Å². The predicted octanol–water partition coefficient (Wildman–Crippen LogP) is 2.06. The number of nitrogens with two attached hydrogens (primary N) is 1. The van der Waals surface area contributed by atoms with Crippen molar-refractivity contribution in [2.24, 2.45) is 0 Å². The molecule has 2 N–H and O–H groups in total. The molecule has 0 saturated carbocycles. The van der Waals surface area contributed by atoms with Gasteiger partial charge >= 0.3 is 0 Å². The molecule has 0 saturated heterocycles. The molecular weight excluding hydrogens is 239 g/mol. The zero-order chi connectivity index (χ0) is 8.97. The summed E-state index contributed by atoms with van der Waals surface area (Å²) in [7, 11) is 0. The van der Waals surface area contributed by atoms with Gasteiger partial charge in [-0.15, -0.1) is 0 Å². The first-order chi connectivity index (χ1) is 5.74. The number of hydrogen-bond donors (Lipinski definition) is 1. The second kappa shape index (κ2) is 4.34. The minimum atomic E-state index is 0.387.